The number of carbonyl (C=O) groups excluding carboxylic acids is 1. The molecule has 0 saturated carbocycles. The fourth-order valence-corrected chi connectivity index (χ4v) is 3.64. The van der Waals surface area contributed by atoms with Crippen molar-refractivity contribution < 1.29 is 9.53 Å². The number of ether oxygens (including phenoxy) is 1. The molecule has 1 aliphatic heterocycles. The highest BCUT2D eigenvalue weighted by Crippen LogP contribution is 2.20. The molecule has 0 radical (unpaired) electrons. The SMILES string of the molecule is CCc1nc(C)sc1CNc1ccc(C(=O)N2CCOCC2)cn1. The number of aromatic nitrogens is 2. The van der Waals surface area contributed by atoms with Gasteiger partial charge in [-0.3, -0.25) is 4.79 Å². The number of amides is 1. The lowest BCUT2D eigenvalue weighted by Gasteiger charge is -2.26. The van der Waals surface area contributed by atoms with Crippen molar-refractivity contribution in [2.75, 3.05) is 31.6 Å². The Labute approximate surface area is 145 Å². The van der Waals surface area contributed by atoms with E-state index in [1.807, 2.05) is 19.1 Å². The summed E-state index contributed by atoms with van der Waals surface area (Å²) in [6.07, 6.45) is 2.57. The minimum absolute atomic E-state index is 0.0173. The number of aryl methyl sites for hydroxylation is 2. The summed E-state index contributed by atoms with van der Waals surface area (Å²) in [6.45, 7) is 7.34. The van der Waals surface area contributed by atoms with Gasteiger partial charge in [0.25, 0.3) is 5.91 Å². The summed E-state index contributed by atoms with van der Waals surface area (Å²) in [5.74, 6) is 0.783. The van der Waals surface area contributed by atoms with Gasteiger partial charge in [0.05, 0.1) is 36.0 Å². The van der Waals surface area contributed by atoms with Crippen molar-refractivity contribution in [1.82, 2.24) is 14.9 Å². The molecule has 7 heteroatoms. The molecule has 2 aromatic heterocycles. The molecule has 0 bridgehead atoms. The number of nitrogens with one attached hydrogen (secondary N) is 1. The molecule has 1 N–H and O–H groups in total. The lowest BCUT2D eigenvalue weighted by atomic mass is 10.2. The number of anilines is 1. The van der Waals surface area contributed by atoms with E-state index >= 15 is 0 Å². The molecule has 2 aromatic rings. The van der Waals surface area contributed by atoms with Crippen LogP contribution in [0.1, 0.15) is 32.9 Å². The van der Waals surface area contributed by atoms with Crippen LogP contribution in [0.3, 0.4) is 0 Å². The van der Waals surface area contributed by atoms with Gasteiger partial charge in [0.2, 0.25) is 0 Å². The van der Waals surface area contributed by atoms with Gasteiger partial charge in [0.15, 0.2) is 0 Å². The van der Waals surface area contributed by atoms with Crippen molar-refractivity contribution in [3.05, 3.63) is 39.5 Å². The smallest absolute Gasteiger partial charge is 0.255 e. The van der Waals surface area contributed by atoms with Gasteiger partial charge in [0, 0.05) is 24.2 Å². The number of hydrogen-bond donors (Lipinski definition) is 1. The van der Waals surface area contributed by atoms with Crippen LogP contribution >= 0.6 is 11.3 Å². The predicted octanol–water partition coefficient (Wildman–Crippen LogP) is 2.49. The Kier molecular flexibility index (Phi) is 5.42. The summed E-state index contributed by atoms with van der Waals surface area (Å²) in [4.78, 5) is 24.3. The monoisotopic (exact) mass is 346 g/mol. The molecule has 1 saturated heterocycles. The van der Waals surface area contributed by atoms with Gasteiger partial charge in [-0.1, -0.05) is 6.92 Å². The Morgan fingerprint density at radius 3 is 2.83 bits per heavy atom. The van der Waals surface area contributed by atoms with Crippen molar-refractivity contribution in [3.8, 4) is 0 Å². The molecule has 0 aliphatic carbocycles. The van der Waals surface area contributed by atoms with Crippen LogP contribution < -0.4 is 5.32 Å². The van der Waals surface area contributed by atoms with E-state index in [0.717, 1.165) is 22.9 Å². The van der Waals surface area contributed by atoms with Crippen LogP contribution in [0.5, 0.6) is 0 Å². The average Bonchev–Trinajstić information content (AvgIpc) is 3.00. The molecule has 0 spiro atoms. The predicted molar refractivity (Wildman–Crippen MR) is 94.5 cm³/mol. The van der Waals surface area contributed by atoms with Gasteiger partial charge in [-0.15, -0.1) is 11.3 Å². The molecule has 1 fully saturated rings. The second-order valence-corrected chi connectivity index (χ2v) is 6.93. The number of morpholine rings is 1. The summed E-state index contributed by atoms with van der Waals surface area (Å²) in [6, 6.07) is 3.68. The maximum atomic E-state index is 12.4. The average molecular weight is 346 g/mol. The van der Waals surface area contributed by atoms with E-state index < -0.39 is 0 Å². The van der Waals surface area contributed by atoms with Crippen LogP contribution in [-0.4, -0.2) is 47.1 Å². The van der Waals surface area contributed by atoms with E-state index in [-0.39, 0.29) is 5.91 Å². The fourth-order valence-electron chi connectivity index (χ4n) is 2.67. The van der Waals surface area contributed by atoms with Crippen molar-refractivity contribution in [2.45, 2.75) is 26.8 Å². The summed E-state index contributed by atoms with van der Waals surface area (Å²) in [7, 11) is 0. The van der Waals surface area contributed by atoms with Crippen LogP contribution in [0.25, 0.3) is 0 Å². The minimum atomic E-state index is 0.0173. The highest BCUT2D eigenvalue weighted by atomic mass is 32.1. The molecule has 6 nitrogen and oxygen atoms in total. The standard InChI is InChI=1S/C17H22N4O2S/c1-3-14-15(24-12(2)20-14)11-19-16-5-4-13(10-18-16)17(22)21-6-8-23-9-7-21/h4-5,10H,3,6-9,11H2,1-2H3,(H,18,19). The van der Waals surface area contributed by atoms with Gasteiger partial charge in [-0.05, 0) is 25.5 Å². The third-order valence-electron chi connectivity index (χ3n) is 3.96. The fraction of sp³-hybridized carbons (Fsp3) is 0.471. The first-order chi connectivity index (χ1) is 11.7. The molecule has 0 atom stereocenters. The quantitative estimate of drug-likeness (QED) is 0.901. The van der Waals surface area contributed by atoms with Gasteiger partial charge in [-0.2, -0.15) is 0 Å². The molecule has 24 heavy (non-hydrogen) atoms. The number of rotatable bonds is 5. The third kappa shape index (κ3) is 3.91. The molecule has 1 amide bonds. The third-order valence-corrected chi connectivity index (χ3v) is 4.97. The zero-order chi connectivity index (χ0) is 16.9. The Bertz CT molecular complexity index is 693. The number of nitrogens with zero attached hydrogens (tertiary/aromatic N) is 3. The molecule has 128 valence electrons. The van der Waals surface area contributed by atoms with Crippen molar-refractivity contribution in [1.29, 1.82) is 0 Å². The summed E-state index contributed by atoms with van der Waals surface area (Å²) >= 11 is 1.71. The first-order valence-electron chi connectivity index (χ1n) is 8.19. The summed E-state index contributed by atoms with van der Waals surface area (Å²) in [5.41, 5.74) is 1.76. The van der Waals surface area contributed by atoms with E-state index in [1.165, 1.54) is 4.88 Å². The Morgan fingerprint density at radius 2 is 2.17 bits per heavy atom. The van der Waals surface area contributed by atoms with Gasteiger partial charge in [-0.25, -0.2) is 9.97 Å². The molecular formula is C17H22N4O2S. The Balaban J connectivity index is 1.60. The Hall–Kier alpha value is -1.99. The zero-order valence-electron chi connectivity index (χ0n) is 14.0. The van der Waals surface area contributed by atoms with E-state index in [4.69, 9.17) is 4.74 Å². The van der Waals surface area contributed by atoms with Crippen LogP contribution in [0.2, 0.25) is 0 Å². The molecule has 3 heterocycles. The maximum absolute atomic E-state index is 12.4. The first kappa shape index (κ1) is 16.9. The lowest BCUT2D eigenvalue weighted by molar-refractivity contribution is 0.0302. The van der Waals surface area contributed by atoms with Crippen LogP contribution in [-0.2, 0) is 17.7 Å². The van der Waals surface area contributed by atoms with Crippen molar-refractivity contribution in [2.24, 2.45) is 0 Å². The van der Waals surface area contributed by atoms with E-state index in [2.05, 4.69) is 22.2 Å². The van der Waals surface area contributed by atoms with E-state index in [9.17, 15) is 4.79 Å². The first-order valence-corrected chi connectivity index (χ1v) is 9.01. The summed E-state index contributed by atoms with van der Waals surface area (Å²) in [5, 5.41) is 4.40. The highest BCUT2D eigenvalue weighted by molar-refractivity contribution is 7.11. The zero-order valence-corrected chi connectivity index (χ0v) is 14.9. The molecule has 1 aliphatic rings. The second kappa shape index (κ2) is 7.72. The number of hydrogen-bond acceptors (Lipinski definition) is 6. The topological polar surface area (TPSA) is 67.4 Å². The molecule has 3 rings (SSSR count). The van der Waals surface area contributed by atoms with Gasteiger partial charge < -0.3 is 15.0 Å². The van der Waals surface area contributed by atoms with Crippen LogP contribution in [0.15, 0.2) is 18.3 Å². The Morgan fingerprint density at radius 1 is 1.38 bits per heavy atom. The lowest BCUT2D eigenvalue weighted by Crippen LogP contribution is -2.40. The van der Waals surface area contributed by atoms with E-state index in [1.54, 1.807) is 22.4 Å². The van der Waals surface area contributed by atoms with Crippen molar-refractivity contribution in [3.63, 3.8) is 0 Å². The number of carbonyl (C=O) groups is 1. The van der Waals surface area contributed by atoms with Gasteiger partial charge in [0.1, 0.15) is 5.82 Å². The van der Waals surface area contributed by atoms with E-state index in [0.29, 0.717) is 38.4 Å². The summed E-state index contributed by atoms with van der Waals surface area (Å²) < 4.78 is 5.28. The molecule has 0 unspecified atom stereocenters. The largest absolute Gasteiger partial charge is 0.378 e. The second-order valence-electron chi connectivity index (χ2n) is 5.65. The maximum Gasteiger partial charge on any atom is 0.255 e. The highest BCUT2D eigenvalue weighted by Gasteiger charge is 2.18. The number of thiazole rings is 1. The van der Waals surface area contributed by atoms with Crippen molar-refractivity contribution >= 4 is 23.1 Å². The van der Waals surface area contributed by atoms with Gasteiger partial charge >= 0.3 is 0 Å². The molecule has 0 aromatic carbocycles. The normalized spacial score (nSPS) is 14.7. The minimum Gasteiger partial charge on any atom is -0.378 e. The van der Waals surface area contributed by atoms with Crippen LogP contribution in [0, 0.1) is 6.92 Å². The van der Waals surface area contributed by atoms with Crippen LogP contribution in [0.4, 0.5) is 5.82 Å². The molecular weight excluding hydrogens is 324 g/mol. The number of pyridine rings is 1.